The molecule has 1 aliphatic rings. The summed E-state index contributed by atoms with van der Waals surface area (Å²) in [5, 5.41) is 3.05. The number of fused-ring (bicyclic) bond motifs is 1. The Kier molecular flexibility index (Phi) is 4.96. The molecule has 1 fully saturated rings. The van der Waals surface area contributed by atoms with Gasteiger partial charge in [-0.25, -0.2) is 9.78 Å². The molecule has 2 amide bonds. The monoisotopic (exact) mass is 364 g/mol. The van der Waals surface area contributed by atoms with Crippen molar-refractivity contribution in [2.24, 2.45) is 0 Å². The Morgan fingerprint density at radius 2 is 2.07 bits per heavy atom. The smallest absolute Gasteiger partial charge is 0.318 e. The highest BCUT2D eigenvalue weighted by atomic mass is 16.5. The average Bonchev–Trinajstić information content (AvgIpc) is 3.35. The van der Waals surface area contributed by atoms with Gasteiger partial charge in [-0.05, 0) is 49.1 Å². The van der Waals surface area contributed by atoms with Gasteiger partial charge in [-0.3, -0.25) is 0 Å². The summed E-state index contributed by atoms with van der Waals surface area (Å²) in [6.45, 7) is 1.37. The lowest BCUT2D eigenvalue weighted by Crippen LogP contribution is -2.40. The van der Waals surface area contributed by atoms with Gasteiger partial charge in [0.25, 0.3) is 0 Å². The Bertz CT molecular complexity index is 886. The number of rotatable bonds is 5. The molecule has 3 aromatic rings. The lowest BCUT2D eigenvalue weighted by Gasteiger charge is -2.23. The van der Waals surface area contributed by atoms with Crippen molar-refractivity contribution < 1.29 is 9.53 Å². The SMILES string of the molecule is COc1ccc(CCNC(=O)N2CCC[C@H]2c2nc3ccccc3[nH]2)cc1. The molecule has 27 heavy (non-hydrogen) atoms. The summed E-state index contributed by atoms with van der Waals surface area (Å²) in [5.41, 5.74) is 3.13. The number of hydrogen-bond acceptors (Lipinski definition) is 3. The Labute approximate surface area is 158 Å². The number of aromatic nitrogens is 2. The number of nitrogens with one attached hydrogen (secondary N) is 2. The number of methoxy groups -OCH3 is 1. The Hall–Kier alpha value is -3.02. The first-order valence-corrected chi connectivity index (χ1v) is 9.36. The molecule has 0 aliphatic carbocycles. The highest BCUT2D eigenvalue weighted by molar-refractivity contribution is 5.77. The van der Waals surface area contributed by atoms with Crippen LogP contribution in [0.4, 0.5) is 4.79 Å². The number of benzene rings is 2. The van der Waals surface area contributed by atoms with E-state index in [2.05, 4.69) is 15.3 Å². The second kappa shape index (κ2) is 7.70. The third kappa shape index (κ3) is 3.74. The van der Waals surface area contributed by atoms with Crippen LogP contribution >= 0.6 is 0 Å². The van der Waals surface area contributed by atoms with Crippen molar-refractivity contribution in [2.45, 2.75) is 25.3 Å². The van der Waals surface area contributed by atoms with Gasteiger partial charge in [0, 0.05) is 13.1 Å². The summed E-state index contributed by atoms with van der Waals surface area (Å²) >= 11 is 0. The standard InChI is InChI=1S/C21H24N4O2/c1-27-16-10-8-15(9-11-16)12-13-22-21(26)25-14-4-7-19(25)20-23-17-5-2-3-6-18(17)24-20/h2-3,5-6,8-11,19H,4,7,12-14H2,1H3,(H,22,26)(H,23,24)/t19-/m0/s1. The van der Waals surface area contributed by atoms with Gasteiger partial charge >= 0.3 is 6.03 Å². The van der Waals surface area contributed by atoms with Gasteiger partial charge in [-0.2, -0.15) is 0 Å². The Morgan fingerprint density at radius 3 is 2.85 bits per heavy atom. The van der Waals surface area contributed by atoms with E-state index in [1.165, 1.54) is 5.56 Å². The Morgan fingerprint density at radius 1 is 1.26 bits per heavy atom. The number of nitrogens with zero attached hydrogens (tertiary/aromatic N) is 2. The Balaban J connectivity index is 1.37. The normalized spacial score (nSPS) is 16.6. The number of hydrogen-bond donors (Lipinski definition) is 2. The number of carbonyl (C=O) groups excluding carboxylic acids is 1. The zero-order valence-corrected chi connectivity index (χ0v) is 15.4. The van der Waals surface area contributed by atoms with Gasteiger partial charge in [0.05, 0.1) is 24.2 Å². The molecule has 1 aromatic heterocycles. The summed E-state index contributed by atoms with van der Waals surface area (Å²) in [6.07, 6.45) is 2.72. The zero-order valence-electron chi connectivity index (χ0n) is 15.4. The van der Waals surface area contributed by atoms with E-state index in [1.807, 2.05) is 53.4 Å². The molecule has 1 saturated heterocycles. The highest BCUT2D eigenvalue weighted by Gasteiger charge is 2.31. The number of likely N-dealkylation sites (tertiary alicyclic amines) is 1. The molecule has 6 nitrogen and oxygen atoms in total. The van der Waals surface area contributed by atoms with Crippen LogP contribution in [-0.4, -0.2) is 41.1 Å². The van der Waals surface area contributed by atoms with Crippen molar-refractivity contribution >= 4 is 17.1 Å². The van der Waals surface area contributed by atoms with Gasteiger partial charge in [0.1, 0.15) is 11.6 Å². The van der Waals surface area contributed by atoms with E-state index in [0.29, 0.717) is 6.54 Å². The minimum Gasteiger partial charge on any atom is -0.497 e. The van der Waals surface area contributed by atoms with Gasteiger partial charge in [0.2, 0.25) is 0 Å². The molecule has 4 rings (SSSR count). The first kappa shape index (κ1) is 17.4. The molecule has 6 heteroatoms. The first-order valence-electron chi connectivity index (χ1n) is 9.36. The number of H-pyrrole nitrogens is 1. The zero-order chi connectivity index (χ0) is 18.6. The summed E-state index contributed by atoms with van der Waals surface area (Å²) in [6, 6.07) is 15.9. The van der Waals surface area contributed by atoms with Crippen molar-refractivity contribution in [1.29, 1.82) is 0 Å². The van der Waals surface area contributed by atoms with E-state index < -0.39 is 0 Å². The highest BCUT2D eigenvalue weighted by Crippen LogP contribution is 2.31. The maximum atomic E-state index is 12.7. The third-order valence-corrected chi connectivity index (χ3v) is 5.09. The van der Waals surface area contributed by atoms with Crippen LogP contribution in [0.5, 0.6) is 5.75 Å². The number of imidazole rings is 1. The van der Waals surface area contributed by atoms with Crippen LogP contribution in [0.25, 0.3) is 11.0 Å². The summed E-state index contributed by atoms with van der Waals surface area (Å²) in [7, 11) is 1.66. The number of aromatic amines is 1. The van der Waals surface area contributed by atoms with Gasteiger partial charge in [0.15, 0.2) is 0 Å². The van der Waals surface area contributed by atoms with E-state index in [0.717, 1.165) is 48.4 Å². The second-order valence-electron chi connectivity index (χ2n) is 6.82. The van der Waals surface area contributed by atoms with Crippen molar-refractivity contribution in [3.63, 3.8) is 0 Å². The second-order valence-corrected chi connectivity index (χ2v) is 6.82. The van der Waals surface area contributed by atoms with Crippen LogP contribution in [-0.2, 0) is 6.42 Å². The molecule has 2 N–H and O–H groups in total. The van der Waals surface area contributed by atoms with Gasteiger partial charge in [-0.1, -0.05) is 24.3 Å². The van der Waals surface area contributed by atoms with E-state index in [1.54, 1.807) is 7.11 Å². The lowest BCUT2D eigenvalue weighted by molar-refractivity contribution is 0.191. The van der Waals surface area contributed by atoms with Crippen LogP contribution in [0.15, 0.2) is 48.5 Å². The molecular formula is C21H24N4O2. The minimum absolute atomic E-state index is 0.0124. The number of carbonyl (C=O) groups is 1. The molecule has 0 unspecified atom stereocenters. The maximum Gasteiger partial charge on any atom is 0.318 e. The van der Waals surface area contributed by atoms with E-state index in [-0.39, 0.29) is 12.1 Å². The average molecular weight is 364 g/mol. The van der Waals surface area contributed by atoms with E-state index in [4.69, 9.17) is 4.74 Å². The molecule has 0 radical (unpaired) electrons. The molecule has 2 aromatic carbocycles. The first-order chi connectivity index (χ1) is 13.2. The molecular weight excluding hydrogens is 340 g/mol. The van der Waals surface area contributed by atoms with Crippen LogP contribution in [0.1, 0.15) is 30.3 Å². The number of amides is 2. The third-order valence-electron chi connectivity index (χ3n) is 5.09. The molecule has 0 bridgehead atoms. The molecule has 140 valence electrons. The predicted molar refractivity (Wildman–Crippen MR) is 105 cm³/mol. The number of ether oxygens (including phenoxy) is 1. The van der Waals surface area contributed by atoms with E-state index >= 15 is 0 Å². The summed E-state index contributed by atoms with van der Waals surface area (Å²) in [4.78, 5) is 22.6. The predicted octanol–water partition coefficient (Wildman–Crippen LogP) is 3.66. The molecule has 0 spiro atoms. The van der Waals surface area contributed by atoms with Gasteiger partial charge < -0.3 is 19.9 Å². The van der Waals surface area contributed by atoms with Crippen molar-refractivity contribution in [1.82, 2.24) is 20.2 Å². The maximum absolute atomic E-state index is 12.7. The van der Waals surface area contributed by atoms with Crippen molar-refractivity contribution in [3.05, 3.63) is 59.9 Å². The van der Waals surface area contributed by atoms with Crippen LogP contribution in [0.2, 0.25) is 0 Å². The largest absolute Gasteiger partial charge is 0.497 e. The lowest BCUT2D eigenvalue weighted by atomic mass is 10.1. The van der Waals surface area contributed by atoms with Crippen molar-refractivity contribution in [2.75, 3.05) is 20.2 Å². The summed E-state index contributed by atoms with van der Waals surface area (Å²) < 4.78 is 5.17. The number of para-hydroxylation sites is 2. The summed E-state index contributed by atoms with van der Waals surface area (Å²) in [5.74, 6) is 1.72. The molecule has 1 atom stereocenters. The fraction of sp³-hybridized carbons (Fsp3) is 0.333. The molecule has 0 saturated carbocycles. The molecule has 1 aliphatic heterocycles. The fourth-order valence-electron chi connectivity index (χ4n) is 3.63. The molecule has 2 heterocycles. The van der Waals surface area contributed by atoms with Crippen LogP contribution in [0.3, 0.4) is 0 Å². The minimum atomic E-state index is -0.0218. The van der Waals surface area contributed by atoms with E-state index in [9.17, 15) is 4.79 Å². The van der Waals surface area contributed by atoms with Crippen LogP contribution in [0, 0.1) is 0 Å². The van der Waals surface area contributed by atoms with Gasteiger partial charge in [-0.15, -0.1) is 0 Å². The quantitative estimate of drug-likeness (QED) is 0.726. The topological polar surface area (TPSA) is 70.2 Å². The van der Waals surface area contributed by atoms with Crippen LogP contribution < -0.4 is 10.1 Å². The van der Waals surface area contributed by atoms with Crippen molar-refractivity contribution in [3.8, 4) is 5.75 Å². The number of urea groups is 1. The fourth-order valence-corrected chi connectivity index (χ4v) is 3.63.